The quantitative estimate of drug-likeness (QED) is 0.312. The standard InChI is InChI=1S/C23H21N3O4S3/c1-16-25-19(14-31-16)15-32-21-9-7-17(8-10-21)23(27)26-18-4-2-6-22(12-18)33(28,29)24-13-20-5-3-11-30-20/h2-12,14,24H,13,15H2,1H3,(H,26,27). The van der Waals surface area contributed by atoms with Crippen molar-refractivity contribution in [2.24, 2.45) is 0 Å². The van der Waals surface area contributed by atoms with Crippen molar-refractivity contribution in [2.75, 3.05) is 5.32 Å². The van der Waals surface area contributed by atoms with Gasteiger partial charge in [-0.2, -0.15) is 0 Å². The van der Waals surface area contributed by atoms with Gasteiger partial charge >= 0.3 is 0 Å². The molecule has 4 rings (SSSR count). The van der Waals surface area contributed by atoms with Gasteiger partial charge in [0.1, 0.15) is 5.76 Å². The van der Waals surface area contributed by atoms with E-state index in [2.05, 4.69) is 15.0 Å². The molecule has 4 aromatic rings. The lowest BCUT2D eigenvalue weighted by molar-refractivity contribution is 0.102. The monoisotopic (exact) mass is 499 g/mol. The van der Waals surface area contributed by atoms with Gasteiger partial charge in [-0.05, 0) is 61.5 Å². The summed E-state index contributed by atoms with van der Waals surface area (Å²) >= 11 is 3.28. The Labute approximate surface area is 200 Å². The van der Waals surface area contributed by atoms with Crippen molar-refractivity contribution in [3.05, 3.63) is 94.3 Å². The number of hydrogen-bond acceptors (Lipinski definition) is 7. The number of rotatable bonds is 9. The molecule has 0 radical (unpaired) electrons. The number of hydrogen-bond donors (Lipinski definition) is 2. The molecule has 0 saturated carbocycles. The second kappa shape index (κ2) is 10.3. The molecule has 0 aliphatic carbocycles. The summed E-state index contributed by atoms with van der Waals surface area (Å²) in [6.45, 7) is 2.02. The minimum atomic E-state index is -3.76. The molecule has 7 nitrogen and oxygen atoms in total. The normalized spacial score (nSPS) is 11.4. The number of amides is 1. The van der Waals surface area contributed by atoms with E-state index in [1.54, 1.807) is 59.5 Å². The molecule has 0 saturated heterocycles. The predicted octanol–water partition coefficient (Wildman–Crippen LogP) is 5.07. The van der Waals surface area contributed by atoms with Crippen LogP contribution < -0.4 is 10.0 Å². The van der Waals surface area contributed by atoms with Gasteiger partial charge < -0.3 is 9.73 Å². The molecule has 0 aliphatic rings. The Balaban J connectivity index is 1.37. The number of nitrogens with one attached hydrogen (secondary N) is 2. The average Bonchev–Trinajstić information content (AvgIpc) is 3.48. The smallest absolute Gasteiger partial charge is 0.255 e. The largest absolute Gasteiger partial charge is 0.468 e. The average molecular weight is 500 g/mol. The van der Waals surface area contributed by atoms with Gasteiger partial charge in [-0.15, -0.1) is 23.1 Å². The van der Waals surface area contributed by atoms with Crippen molar-refractivity contribution < 1.29 is 17.6 Å². The fraction of sp³-hybridized carbons (Fsp3) is 0.130. The van der Waals surface area contributed by atoms with E-state index in [-0.39, 0.29) is 17.3 Å². The van der Waals surface area contributed by atoms with Crippen molar-refractivity contribution in [1.82, 2.24) is 9.71 Å². The SMILES string of the molecule is Cc1nc(CSc2ccc(C(=O)Nc3cccc(S(=O)(=O)NCc4ccco4)c3)cc2)cs1. The summed E-state index contributed by atoms with van der Waals surface area (Å²) in [5.74, 6) is 0.955. The molecule has 0 unspecified atom stereocenters. The minimum absolute atomic E-state index is 0.0400. The third kappa shape index (κ3) is 6.32. The van der Waals surface area contributed by atoms with E-state index in [9.17, 15) is 13.2 Å². The van der Waals surface area contributed by atoms with E-state index in [0.717, 1.165) is 21.3 Å². The summed E-state index contributed by atoms with van der Waals surface area (Å²) < 4.78 is 32.8. The third-order valence-corrected chi connectivity index (χ3v) is 7.86. The number of aryl methyl sites for hydroxylation is 1. The molecule has 170 valence electrons. The first-order valence-corrected chi connectivity index (χ1v) is 13.3. The van der Waals surface area contributed by atoms with Gasteiger partial charge in [0.2, 0.25) is 10.0 Å². The molecule has 0 bridgehead atoms. The fourth-order valence-electron chi connectivity index (χ4n) is 2.94. The van der Waals surface area contributed by atoms with Crippen LogP contribution in [0, 0.1) is 6.92 Å². The molecule has 2 aromatic carbocycles. The first-order valence-electron chi connectivity index (χ1n) is 9.96. The summed E-state index contributed by atoms with van der Waals surface area (Å²) in [5, 5.41) is 5.85. The first kappa shape index (κ1) is 23.2. The van der Waals surface area contributed by atoms with Crippen LogP contribution in [0.3, 0.4) is 0 Å². The zero-order valence-electron chi connectivity index (χ0n) is 17.6. The molecule has 33 heavy (non-hydrogen) atoms. The van der Waals surface area contributed by atoms with Crippen molar-refractivity contribution in [2.45, 2.75) is 29.0 Å². The lowest BCUT2D eigenvalue weighted by atomic mass is 10.2. The van der Waals surface area contributed by atoms with Crippen molar-refractivity contribution in [1.29, 1.82) is 0 Å². The topological polar surface area (TPSA) is 101 Å². The summed E-state index contributed by atoms with van der Waals surface area (Å²) in [6, 6.07) is 16.7. The zero-order valence-corrected chi connectivity index (χ0v) is 20.1. The molecule has 2 N–H and O–H groups in total. The van der Waals surface area contributed by atoms with E-state index in [1.807, 2.05) is 24.4 Å². The number of carbonyl (C=O) groups excluding carboxylic acids is 1. The summed E-state index contributed by atoms with van der Waals surface area (Å²) in [7, 11) is -3.76. The van der Waals surface area contributed by atoms with Crippen LogP contribution in [0.1, 0.15) is 26.8 Å². The lowest BCUT2D eigenvalue weighted by Gasteiger charge is -2.09. The summed E-state index contributed by atoms with van der Waals surface area (Å²) in [5.41, 5.74) is 1.91. The van der Waals surface area contributed by atoms with Gasteiger partial charge in [0, 0.05) is 27.3 Å². The van der Waals surface area contributed by atoms with Gasteiger partial charge in [-0.3, -0.25) is 4.79 Å². The molecule has 0 fully saturated rings. The van der Waals surface area contributed by atoms with Gasteiger partial charge in [0.25, 0.3) is 5.91 Å². The third-order valence-electron chi connectivity index (χ3n) is 4.59. The number of furan rings is 1. The Morgan fingerprint density at radius 2 is 1.94 bits per heavy atom. The molecular formula is C23H21N3O4S3. The minimum Gasteiger partial charge on any atom is -0.468 e. The molecule has 0 atom stereocenters. The Hall–Kier alpha value is -2.92. The molecule has 10 heteroatoms. The maximum Gasteiger partial charge on any atom is 0.255 e. The highest BCUT2D eigenvalue weighted by Gasteiger charge is 2.16. The molecule has 2 aromatic heterocycles. The zero-order chi connectivity index (χ0) is 23.3. The summed E-state index contributed by atoms with van der Waals surface area (Å²) in [6.07, 6.45) is 1.48. The van der Waals surface area contributed by atoms with Crippen molar-refractivity contribution >= 4 is 44.7 Å². The number of benzene rings is 2. The van der Waals surface area contributed by atoms with Crippen LogP contribution in [0.4, 0.5) is 5.69 Å². The van der Waals surface area contributed by atoms with E-state index < -0.39 is 10.0 Å². The van der Waals surface area contributed by atoms with Crippen molar-refractivity contribution in [3.8, 4) is 0 Å². The van der Waals surface area contributed by atoms with E-state index in [0.29, 0.717) is 17.0 Å². The van der Waals surface area contributed by atoms with Crippen LogP contribution in [-0.4, -0.2) is 19.3 Å². The number of carbonyl (C=O) groups is 1. The van der Waals surface area contributed by atoms with Crippen LogP contribution in [-0.2, 0) is 22.3 Å². The Kier molecular flexibility index (Phi) is 7.29. The fourth-order valence-corrected chi connectivity index (χ4v) is 5.49. The molecule has 0 aliphatic heterocycles. The second-order valence-electron chi connectivity index (χ2n) is 7.06. The second-order valence-corrected chi connectivity index (χ2v) is 10.9. The Morgan fingerprint density at radius 3 is 2.64 bits per heavy atom. The Morgan fingerprint density at radius 1 is 1.12 bits per heavy atom. The molecule has 2 heterocycles. The van der Waals surface area contributed by atoms with Gasteiger partial charge in [-0.25, -0.2) is 18.1 Å². The summed E-state index contributed by atoms with van der Waals surface area (Å²) in [4.78, 5) is 18.2. The number of aromatic nitrogens is 1. The number of thiazole rings is 1. The van der Waals surface area contributed by atoms with Crippen LogP contribution in [0.25, 0.3) is 0 Å². The highest BCUT2D eigenvalue weighted by Crippen LogP contribution is 2.24. The number of nitrogens with zero attached hydrogens (tertiary/aromatic N) is 1. The highest BCUT2D eigenvalue weighted by atomic mass is 32.2. The molecule has 1 amide bonds. The van der Waals surface area contributed by atoms with E-state index in [4.69, 9.17) is 4.42 Å². The Bertz CT molecular complexity index is 1330. The van der Waals surface area contributed by atoms with Crippen LogP contribution in [0.15, 0.2) is 86.5 Å². The van der Waals surface area contributed by atoms with Gasteiger partial charge in [0.05, 0.1) is 28.4 Å². The number of thioether (sulfide) groups is 1. The predicted molar refractivity (Wildman–Crippen MR) is 130 cm³/mol. The maximum atomic E-state index is 12.6. The lowest BCUT2D eigenvalue weighted by Crippen LogP contribution is -2.23. The van der Waals surface area contributed by atoms with Gasteiger partial charge in [-0.1, -0.05) is 6.07 Å². The van der Waals surface area contributed by atoms with Crippen LogP contribution >= 0.6 is 23.1 Å². The van der Waals surface area contributed by atoms with Gasteiger partial charge in [0.15, 0.2) is 0 Å². The van der Waals surface area contributed by atoms with Crippen LogP contribution in [0.5, 0.6) is 0 Å². The molecular weight excluding hydrogens is 478 g/mol. The number of anilines is 1. The van der Waals surface area contributed by atoms with E-state index >= 15 is 0 Å². The first-order chi connectivity index (χ1) is 15.9. The van der Waals surface area contributed by atoms with E-state index in [1.165, 1.54) is 18.4 Å². The highest BCUT2D eigenvalue weighted by molar-refractivity contribution is 7.98. The number of sulfonamides is 1. The van der Waals surface area contributed by atoms with Crippen molar-refractivity contribution in [3.63, 3.8) is 0 Å². The van der Waals surface area contributed by atoms with Crippen LogP contribution in [0.2, 0.25) is 0 Å². The maximum absolute atomic E-state index is 12.6. The molecule has 0 spiro atoms.